The number of nitrogens with zero attached hydrogens (tertiary/aromatic N) is 2. The smallest absolute Gasteiger partial charge is 0.269 e. The van der Waals surface area contributed by atoms with E-state index in [2.05, 4.69) is 10.4 Å². The molecule has 2 atom stereocenters. The van der Waals surface area contributed by atoms with Crippen molar-refractivity contribution in [1.82, 2.24) is 9.78 Å². The van der Waals surface area contributed by atoms with Crippen LogP contribution in [0.15, 0.2) is 36.7 Å². The van der Waals surface area contributed by atoms with Gasteiger partial charge in [-0.1, -0.05) is 12.1 Å². The summed E-state index contributed by atoms with van der Waals surface area (Å²) < 4.78 is 18.4. The van der Waals surface area contributed by atoms with Crippen LogP contribution in [-0.4, -0.2) is 41.6 Å². The summed E-state index contributed by atoms with van der Waals surface area (Å²) in [7, 11) is 0. The van der Waals surface area contributed by atoms with Crippen molar-refractivity contribution in [2.24, 2.45) is 0 Å². The molecule has 2 aromatic rings. The highest BCUT2D eigenvalue weighted by molar-refractivity contribution is 5.94. The van der Waals surface area contributed by atoms with Crippen LogP contribution in [0.4, 0.5) is 5.69 Å². The molecule has 2 aliphatic heterocycles. The summed E-state index contributed by atoms with van der Waals surface area (Å²) in [5, 5.41) is 7.10. The van der Waals surface area contributed by atoms with Crippen LogP contribution in [0.2, 0.25) is 0 Å². The first-order valence-corrected chi connectivity index (χ1v) is 7.61. The lowest BCUT2D eigenvalue weighted by Crippen LogP contribution is -2.40. The lowest BCUT2D eigenvalue weighted by molar-refractivity contribution is -0.125. The highest BCUT2D eigenvalue weighted by Gasteiger charge is 2.28. The monoisotopic (exact) mass is 315 g/mol. The molecule has 120 valence electrons. The highest BCUT2D eigenvalue weighted by Crippen LogP contribution is 2.31. The van der Waals surface area contributed by atoms with Gasteiger partial charge in [-0.15, -0.1) is 0 Å². The van der Waals surface area contributed by atoms with E-state index in [4.69, 9.17) is 14.2 Å². The zero-order valence-corrected chi connectivity index (χ0v) is 12.5. The van der Waals surface area contributed by atoms with Gasteiger partial charge in [-0.2, -0.15) is 5.10 Å². The van der Waals surface area contributed by atoms with Crippen molar-refractivity contribution >= 4 is 11.6 Å². The van der Waals surface area contributed by atoms with E-state index in [1.54, 1.807) is 12.3 Å². The molecule has 7 heteroatoms. The maximum atomic E-state index is 12.3. The molecule has 23 heavy (non-hydrogen) atoms. The number of para-hydroxylation sites is 2. The van der Waals surface area contributed by atoms with Gasteiger partial charge in [0.2, 0.25) is 6.10 Å². The van der Waals surface area contributed by atoms with Gasteiger partial charge in [-0.3, -0.25) is 9.48 Å². The quantitative estimate of drug-likeness (QED) is 0.931. The average molecular weight is 315 g/mol. The van der Waals surface area contributed by atoms with Gasteiger partial charge in [0.05, 0.1) is 24.5 Å². The Morgan fingerprint density at radius 1 is 1.26 bits per heavy atom. The van der Waals surface area contributed by atoms with E-state index in [0.717, 1.165) is 13.0 Å². The van der Waals surface area contributed by atoms with Gasteiger partial charge in [-0.25, -0.2) is 0 Å². The highest BCUT2D eigenvalue weighted by atomic mass is 16.6. The van der Waals surface area contributed by atoms with Crippen LogP contribution >= 0.6 is 0 Å². The second-order valence-electron chi connectivity index (χ2n) is 5.58. The molecule has 0 radical (unpaired) electrons. The molecular weight excluding hydrogens is 298 g/mol. The molecule has 0 aliphatic carbocycles. The van der Waals surface area contributed by atoms with Gasteiger partial charge in [0.15, 0.2) is 11.5 Å². The van der Waals surface area contributed by atoms with Crippen molar-refractivity contribution in [3.63, 3.8) is 0 Å². The molecule has 4 rings (SSSR count). The topological polar surface area (TPSA) is 74.6 Å². The van der Waals surface area contributed by atoms with Crippen LogP contribution in [0.5, 0.6) is 11.5 Å². The van der Waals surface area contributed by atoms with Crippen molar-refractivity contribution < 1.29 is 19.0 Å². The fraction of sp³-hybridized carbons (Fsp3) is 0.375. The molecular formula is C16H17N3O4. The van der Waals surface area contributed by atoms with E-state index in [1.807, 2.05) is 29.1 Å². The SMILES string of the molecule is O=C(Nc1cnn(C2CCOC2)c1)C1COc2ccccc2O1. The van der Waals surface area contributed by atoms with Crippen molar-refractivity contribution in [2.45, 2.75) is 18.6 Å². The Bertz CT molecular complexity index is 709. The largest absolute Gasteiger partial charge is 0.485 e. The number of aromatic nitrogens is 2. The van der Waals surface area contributed by atoms with Crippen LogP contribution in [-0.2, 0) is 9.53 Å². The lowest BCUT2D eigenvalue weighted by atomic mass is 10.2. The van der Waals surface area contributed by atoms with Gasteiger partial charge in [-0.05, 0) is 18.6 Å². The number of hydrogen-bond donors (Lipinski definition) is 1. The first-order valence-electron chi connectivity index (χ1n) is 7.61. The average Bonchev–Trinajstić information content (AvgIpc) is 3.25. The number of fused-ring (bicyclic) bond motifs is 1. The van der Waals surface area contributed by atoms with Crippen molar-refractivity contribution in [2.75, 3.05) is 25.1 Å². The first kappa shape index (κ1) is 14.1. The number of rotatable bonds is 3. The van der Waals surface area contributed by atoms with Crippen LogP contribution in [0.1, 0.15) is 12.5 Å². The third kappa shape index (κ3) is 2.87. The van der Waals surface area contributed by atoms with Gasteiger partial charge in [0, 0.05) is 12.8 Å². The maximum Gasteiger partial charge on any atom is 0.269 e. The Balaban J connectivity index is 1.40. The summed E-state index contributed by atoms with van der Waals surface area (Å²) in [5.41, 5.74) is 0.643. The van der Waals surface area contributed by atoms with Crippen LogP contribution in [0, 0.1) is 0 Å². The van der Waals surface area contributed by atoms with Crippen LogP contribution in [0.25, 0.3) is 0 Å². The van der Waals surface area contributed by atoms with E-state index in [-0.39, 0.29) is 18.6 Å². The minimum atomic E-state index is -0.678. The zero-order chi connectivity index (χ0) is 15.6. The second-order valence-corrected chi connectivity index (χ2v) is 5.58. The summed E-state index contributed by atoms with van der Waals surface area (Å²) >= 11 is 0. The van der Waals surface area contributed by atoms with Gasteiger partial charge in [0.25, 0.3) is 5.91 Å². The van der Waals surface area contributed by atoms with Gasteiger partial charge < -0.3 is 19.5 Å². The summed E-state index contributed by atoms with van der Waals surface area (Å²) in [5.74, 6) is 0.991. The molecule has 3 heterocycles. The minimum absolute atomic E-state index is 0.188. The number of benzene rings is 1. The van der Waals surface area contributed by atoms with Crippen LogP contribution in [0.3, 0.4) is 0 Å². The fourth-order valence-electron chi connectivity index (χ4n) is 2.70. The Kier molecular flexibility index (Phi) is 3.63. The third-order valence-electron chi connectivity index (χ3n) is 3.95. The molecule has 0 spiro atoms. The summed E-state index contributed by atoms with van der Waals surface area (Å²) in [6.07, 6.45) is 3.71. The third-order valence-corrected chi connectivity index (χ3v) is 3.95. The molecule has 1 aromatic heterocycles. The first-order chi connectivity index (χ1) is 11.3. The standard InChI is InChI=1S/C16H17N3O4/c20-16(15-10-22-13-3-1-2-4-14(13)23-15)18-11-7-17-19(8-11)12-5-6-21-9-12/h1-4,7-8,12,15H,5-6,9-10H2,(H,18,20). The molecule has 1 amide bonds. The Morgan fingerprint density at radius 2 is 2.13 bits per heavy atom. The molecule has 2 unspecified atom stereocenters. The van der Waals surface area contributed by atoms with Crippen LogP contribution < -0.4 is 14.8 Å². The predicted octanol–water partition coefficient (Wildman–Crippen LogP) is 1.62. The van der Waals surface area contributed by atoms with E-state index in [9.17, 15) is 4.79 Å². The maximum absolute atomic E-state index is 12.3. The fourth-order valence-corrected chi connectivity index (χ4v) is 2.70. The van der Waals surface area contributed by atoms with Crippen molar-refractivity contribution in [3.05, 3.63) is 36.7 Å². The molecule has 1 aromatic carbocycles. The number of anilines is 1. The van der Waals surface area contributed by atoms with Gasteiger partial charge >= 0.3 is 0 Å². The van der Waals surface area contributed by atoms with Crippen molar-refractivity contribution in [3.8, 4) is 11.5 Å². The molecule has 1 saturated heterocycles. The normalized spacial score (nSPS) is 22.8. The Labute approximate surface area is 133 Å². The number of carbonyl (C=O) groups is 1. The number of ether oxygens (including phenoxy) is 3. The second kappa shape index (κ2) is 5.92. The Hall–Kier alpha value is -2.54. The number of hydrogen-bond acceptors (Lipinski definition) is 5. The lowest BCUT2D eigenvalue weighted by Gasteiger charge is -2.25. The zero-order valence-electron chi connectivity index (χ0n) is 12.5. The van der Waals surface area contributed by atoms with E-state index in [1.165, 1.54) is 0 Å². The molecule has 7 nitrogen and oxygen atoms in total. The summed E-state index contributed by atoms with van der Waals surface area (Å²) in [4.78, 5) is 12.3. The van der Waals surface area contributed by atoms with E-state index in [0.29, 0.717) is 23.8 Å². The summed E-state index contributed by atoms with van der Waals surface area (Å²) in [6.45, 7) is 1.59. The molecule has 1 fully saturated rings. The molecule has 1 N–H and O–H groups in total. The molecule has 2 aliphatic rings. The predicted molar refractivity (Wildman–Crippen MR) is 81.7 cm³/mol. The molecule has 0 bridgehead atoms. The minimum Gasteiger partial charge on any atom is -0.485 e. The number of amides is 1. The van der Waals surface area contributed by atoms with Crippen molar-refractivity contribution in [1.29, 1.82) is 0 Å². The van der Waals surface area contributed by atoms with Gasteiger partial charge in [0.1, 0.15) is 6.61 Å². The summed E-state index contributed by atoms with van der Waals surface area (Å²) in [6, 6.07) is 7.55. The molecule has 0 saturated carbocycles. The van der Waals surface area contributed by atoms with E-state index >= 15 is 0 Å². The number of carbonyl (C=O) groups excluding carboxylic acids is 1. The number of nitrogens with one attached hydrogen (secondary N) is 1. The Morgan fingerprint density at radius 3 is 2.96 bits per heavy atom. The van der Waals surface area contributed by atoms with E-state index < -0.39 is 6.10 Å².